The summed E-state index contributed by atoms with van der Waals surface area (Å²) in [7, 11) is 2.69. The average molecular weight is 535 g/mol. The quantitative estimate of drug-likeness (QED) is 0.275. The van der Waals surface area contributed by atoms with Crippen molar-refractivity contribution in [2.45, 2.75) is 19.5 Å². The van der Waals surface area contributed by atoms with E-state index in [1.54, 1.807) is 0 Å². The number of hydrazone groups is 1. The number of carbonyl (C=O) groups excluding carboxylic acids is 3. The zero-order valence-electron chi connectivity index (χ0n) is 18.5. The second kappa shape index (κ2) is 11.8. The van der Waals surface area contributed by atoms with Crippen LogP contribution in [0.15, 0.2) is 35.4 Å². The molecule has 0 spiro atoms. The molecule has 0 bridgehead atoms. The van der Waals surface area contributed by atoms with Crippen LogP contribution in [-0.2, 0) is 20.6 Å². The molecule has 0 aliphatic heterocycles. The van der Waals surface area contributed by atoms with Gasteiger partial charge in [-0.25, -0.2) is 5.43 Å². The van der Waals surface area contributed by atoms with E-state index >= 15 is 0 Å². The van der Waals surface area contributed by atoms with Gasteiger partial charge in [-0.3, -0.25) is 14.4 Å². The number of benzene rings is 2. The Morgan fingerprint density at radius 1 is 0.943 bits per heavy atom. The molecule has 2 aromatic carbocycles. The van der Waals surface area contributed by atoms with Gasteiger partial charge in [0.1, 0.15) is 11.5 Å². The summed E-state index contributed by atoms with van der Waals surface area (Å²) in [6.07, 6.45) is -5.21. The van der Waals surface area contributed by atoms with E-state index in [9.17, 15) is 27.6 Å². The van der Waals surface area contributed by atoms with E-state index in [2.05, 4.69) is 15.7 Å². The fraction of sp³-hybridized carbons (Fsp3) is 0.238. The minimum Gasteiger partial charge on any atom is -0.495 e. The van der Waals surface area contributed by atoms with E-state index in [0.29, 0.717) is 6.07 Å². The Morgan fingerprint density at radius 3 is 2.20 bits per heavy atom. The summed E-state index contributed by atoms with van der Waals surface area (Å²) in [4.78, 5) is 36.4. The molecule has 0 unspecified atom stereocenters. The number of hydrogen-bond donors (Lipinski definition) is 3. The first-order valence-electron chi connectivity index (χ1n) is 9.58. The Morgan fingerprint density at radius 2 is 1.60 bits per heavy atom. The number of methoxy groups -OCH3 is 2. The number of ether oxygens (including phenoxy) is 2. The minimum atomic E-state index is -4.74. The summed E-state index contributed by atoms with van der Waals surface area (Å²) >= 11 is 11.6. The lowest BCUT2D eigenvalue weighted by Gasteiger charge is -2.14. The third-order valence-electron chi connectivity index (χ3n) is 4.25. The van der Waals surface area contributed by atoms with Gasteiger partial charge in [-0.05, 0) is 25.1 Å². The smallest absolute Gasteiger partial charge is 0.418 e. The molecule has 3 N–H and O–H groups in total. The van der Waals surface area contributed by atoms with Crippen LogP contribution in [0.5, 0.6) is 11.5 Å². The van der Waals surface area contributed by atoms with Gasteiger partial charge in [0.05, 0.1) is 42.6 Å². The maximum atomic E-state index is 13.2. The number of nitrogens with zero attached hydrogens (tertiary/aromatic N) is 1. The van der Waals surface area contributed by atoms with E-state index in [1.165, 1.54) is 39.3 Å². The highest BCUT2D eigenvalue weighted by molar-refractivity contribution is 6.40. The molecular weight excluding hydrogens is 516 g/mol. The van der Waals surface area contributed by atoms with Crippen LogP contribution in [0, 0.1) is 0 Å². The molecule has 3 amide bonds. The summed E-state index contributed by atoms with van der Waals surface area (Å²) < 4.78 is 49.6. The lowest BCUT2D eigenvalue weighted by atomic mass is 10.1. The molecule has 2 aromatic rings. The van der Waals surface area contributed by atoms with Gasteiger partial charge in [-0.15, -0.1) is 0 Å². The van der Waals surface area contributed by atoms with E-state index in [4.69, 9.17) is 32.7 Å². The number of rotatable bonds is 7. The summed E-state index contributed by atoms with van der Waals surface area (Å²) in [5.74, 6) is -2.76. The molecule has 0 heterocycles. The van der Waals surface area contributed by atoms with Crippen molar-refractivity contribution in [1.82, 2.24) is 5.43 Å². The highest BCUT2D eigenvalue weighted by Crippen LogP contribution is 2.37. The van der Waals surface area contributed by atoms with Gasteiger partial charge in [0.2, 0.25) is 5.91 Å². The van der Waals surface area contributed by atoms with Crippen LogP contribution in [0.1, 0.15) is 18.9 Å². The molecule has 9 nitrogen and oxygen atoms in total. The molecule has 2 rings (SSSR count). The molecule has 0 saturated heterocycles. The van der Waals surface area contributed by atoms with Gasteiger partial charge in [0.15, 0.2) is 0 Å². The normalized spacial score (nSPS) is 11.5. The monoisotopic (exact) mass is 534 g/mol. The van der Waals surface area contributed by atoms with E-state index in [1.807, 2.05) is 5.43 Å². The van der Waals surface area contributed by atoms with Crippen molar-refractivity contribution in [1.29, 1.82) is 0 Å². The van der Waals surface area contributed by atoms with Crippen molar-refractivity contribution in [3.63, 3.8) is 0 Å². The largest absolute Gasteiger partial charge is 0.495 e. The Balaban J connectivity index is 2.01. The molecule has 0 aliphatic rings. The summed E-state index contributed by atoms with van der Waals surface area (Å²) in [6, 6.07) is 5.61. The first kappa shape index (κ1) is 27.7. The predicted octanol–water partition coefficient (Wildman–Crippen LogP) is 4.49. The van der Waals surface area contributed by atoms with E-state index < -0.39 is 41.6 Å². The maximum Gasteiger partial charge on any atom is 0.418 e. The van der Waals surface area contributed by atoms with Crippen LogP contribution in [0.25, 0.3) is 0 Å². The Bertz CT molecular complexity index is 1170. The van der Waals surface area contributed by atoms with Crippen molar-refractivity contribution in [3.05, 3.63) is 45.9 Å². The highest BCUT2D eigenvalue weighted by atomic mass is 35.5. The zero-order valence-corrected chi connectivity index (χ0v) is 20.0. The number of nitrogens with one attached hydrogen (secondary N) is 3. The van der Waals surface area contributed by atoms with Gasteiger partial charge in [-0.1, -0.05) is 23.2 Å². The summed E-state index contributed by atoms with van der Waals surface area (Å²) in [5, 5.41) is 8.11. The summed E-state index contributed by atoms with van der Waals surface area (Å²) in [5.41, 5.74) is 0.451. The number of amides is 3. The Hall–Kier alpha value is -3.51. The number of anilines is 2. The van der Waals surface area contributed by atoms with Gasteiger partial charge >= 0.3 is 18.0 Å². The van der Waals surface area contributed by atoms with Crippen LogP contribution in [0.3, 0.4) is 0 Å². The maximum absolute atomic E-state index is 13.2. The van der Waals surface area contributed by atoms with Crippen molar-refractivity contribution >= 4 is 58.0 Å². The third-order valence-corrected chi connectivity index (χ3v) is 4.78. The molecule has 188 valence electrons. The van der Waals surface area contributed by atoms with Crippen molar-refractivity contribution in [2.24, 2.45) is 5.10 Å². The molecule has 0 aliphatic carbocycles. The van der Waals surface area contributed by atoms with Crippen LogP contribution in [0.2, 0.25) is 10.0 Å². The number of alkyl halides is 3. The topological polar surface area (TPSA) is 118 Å². The SMILES string of the molecule is COc1cc(NC(=O)C(=O)NN=C(C)CC(=O)Nc2ccc(Cl)cc2C(F)(F)F)c(OC)cc1Cl. The zero-order chi connectivity index (χ0) is 26.3. The lowest BCUT2D eigenvalue weighted by molar-refractivity contribution is -0.137. The van der Waals surface area contributed by atoms with Crippen LogP contribution < -0.4 is 25.5 Å². The summed E-state index contributed by atoms with van der Waals surface area (Å²) in [6.45, 7) is 1.33. The minimum absolute atomic E-state index is 0.0110. The standard InChI is InChI=1S/C21H19Cl2F3N4O5/c1-10(6-18(31)27-14-5-4-11(22)7-12(14)21(24,25)26)29-30-20(33)19(32)28-15-9-16(34-2)13(23)8-17(15)35-3/h4-5,7-9H,6H2,1-3H3,(H,27,31)(H,28,32)(H,30,33). The number of halogens is 5. The second-order valence-corrected chi connectivity index (χ2v) is 7.69. The van der Waals surface area contributed by atoms with Gasteiger partial charge in [0, 0.05) is 22.9 Å². The molecule has 0 fully saturated rings. The predicted molar refractivity (Wildman–Crippen MR) is 124 cm³/mol. The molecule has 0 aromatic heterocycles. The van der Waals surface area contributed by atoms with Gasteiger partial charge in [0.25, 0.3) is 0 Å². The molecule has 0 atom stereocenters. The average Bonchev–Trinajstić information content (AvgIpc) is 2.78. The fourth-order valence-corrected chi connectivity index (χ4v) is 3.06. The molecule has 35 heavy (non-hydrogen) atoms. The van der Waals surface area contributed by atoms with E-state index in [0.717, 1.165) is 6.07 Å². The van der Waals surface area contributed by atoms with Crippen LogP contribution in [0.4, 0.5) is 24.5 Å². The highest BCUT2D eigenvalue weighted by Gasteiger charge is 2.34. The second-order valence-electron chi connectivity index (χ2n) is 6.84. The van der Waals surface area contributed by atoms with Crippen molar-refractivity contribution in [3.8, 4) is 11.5 Å². The number of carbonyl (C=O) groups is 3. The Kier molecular flexibility index (Phi) is 9.32. The Labute approximate surface area is 207 Å². The molecular formula is C21H19Cl2F3N4O5. The third kappa shape index (κ3) is 7.76. The lowest BCUT2D eigenvalue weighted by Crippen LogP contribution is -2.33. The molecule has 0 saturated carbocycles. The van der Waals surface area contributed by atoms with Crippen molar-refractivity contribution in [2.75, 3.05) is 24.9 Å². The van der Waals surface area contributed by atoms with Gasteiger partial charge in [-0.2, -0.15) is 18.3 Å². The van der Waals surface area contributed by atoms with Crippen LogP contribution in [-0.4, -0.2) is 37.7 Å². The van der Waals surface area contributed by atoms with Gasteiger partial charge < -0.3 is 20.1 Å². The van der Waals surface area contributed by atoms with Crippen molar-refractivity contribution < 1.29 is 37.0 Å². The van der Waals surface area contributed by atoms with Crippen LogP contribution >= 0.6 is 23.2 Å². The molecule has 0 radical (unpaired) electrons. The molecule has 14 heteroatoms. The first-order valence-corrected chi connectivity index (χ1v) is 10.3. The van der Waals surface area contributed by atoms with E-state index in [-0.39, 0.29) is 32.9 Å². The number of hydrogen-bond acceptors (Lipinski definition) is 6. The first-order chi connectivity index (χ1) is 16.3. The fourth-order valence-electron chi connectivity index (χ4n) is 2.66.